The molecule has 1 saturated heterocycles. The number of thioether (sulfide) groups is 1. The fourth-order valence-electron chi connectivity index (χ4n) is 2.91. The Morgan fingerprint density at radius 1 is 1.35 bits per heavy atom. The molecule has 3 nitrogen and oxygen atoms in total. The van der Waals surface area contributed by atoms with E-state index in [0.717, 1.165) is 35.7 Å². The molecular formula is C20H20ClFN2OS. The first kappa shape index (κ1) is 18.9. The average molecular weight is 391 g/mol. The zero-order valence-corrected chi connectivity index (χ0v) is 16.3. The van der Waals surface area contributed by atoms with Crippen LogP contribution in [0.25, 0.3) is 0 Å². The lowest BCUT2D eigenvalue weighted by Gasteiger charge is -2.13. The largest absolute Gasteiger partial charge is 0.363 e. The van der Waals surface area contributed by atoms with Crippen molar-refractivity contribution in [2.75, 3.05) is 19.3 Å². The van der Waals surface area contributed by atoms with Gasteiger partial charge in [0.2, 0.25) is 0 Å². The van der Waals surface area contributed by atoms with Crippen molar-refractivity contribution in [2.24, 2.45) is 4.99 Å². The SMILES string of the molecule is Cc1cc(N=C2CCCN2C)c(Cl)cc1C(=O)CSc1cccc(F)c1. The van der Waals surface area contributed by atoms with Crippen LogP contribution in [0, 0.1) is 12.7 Å². The first-order valence-corrected chi connectivity index (χ1v) is 9.81. The van der Waals surface area contributed by atoms with Crippen LogP contribution in [-0.4, -0.2) is 35.9 Å². The van der Waals surface area contributed by atoms with Crippen LogP contribution in [0.5, 0.6) is 0 Å². The van der Waals surface area contributed by atoms with Crippen molar-refractivity contribution in [3.8, 4) is 0 Å². The number of Topliss-reactive ketones (excluding diaryl/α,β-unsaturated/α-hetero) is 1. The molecule has 0 aliphatic carbocycles. The highest BCUT2D eigenvalue weighted by atomic mass is 35.5. The van der Waals surface area contributed by atoms with E-state index in [9.17, 15) is 9.18 Å². The molecule has 1 heterocycles. The lowest BCUT2D eigenvalue weighted by Crippen LogP contribution is -2.18. The molecule has 0 atom stereocenters. The van der Waals surface area contributed by atoms with E-state index in [2.05, 4.69) is 9.89 Å². The van der Waals surface area contributed by atoms with Gasteiger partial charge in [-0.1, -0.05) is 17.7 Å². The number of hydrogen-bond acceptors (Lipinski definition) is 3. The summed E-state index contributed by atoms with van der Waals surface area (Å²) in [6.07, 6.45) is 2.04. The molecule has 3 rings (SSSR count). The number of hydrogen-bond donors (Lipinski definition) is 0. The predicted molar refractivity (Wildman–Crippen MR) is 107 cm³/mol. The van der Waals surface area contributed by atoms with Gasteiger partial charge in [-0.25, -0.2) is 9.38 Å². The standard InChI is InChI=1S/C20H20ClFN2OS/c1-13-9-18(23-20-7-4-8-24(20)2)17(21)11-16(13)19(25)12-26-15-6-3-5-14(22)10-15/h3,5-6,9-11H,4,7-8,12H2,1-2H3. The second-order valence-electron chi connectivity index (χ2n) is 6.34. The fourth-order valence-corrected chi connectivity index (χ4v) is 3.94. The summed E-state index contributed by atoms with van der Waals surface area (Å²) in [5.41, 5.74) is 2.13. The van der Waals surface area contributed by atoms with Gasteiger partial charge in [0.1, 0.15) is 11.7 Å². The van der Waals surface area contributed by atoms with Gasteiger partial charge >= 0.3 is 0 Å². The van der Waals surface area contributed by atoms with Gasteiger partial charge in [-0.05, 0) is 49.2 Å². The summed E-state index contributed by atoms with van der Waals surface area (Å²) in [6.45, 7) is 2.89. The van der Waals surface area contributed by atoms with Gasteiger partial charge in [0.15, 0.2) is 5.78 Å². The molecule has 26 heavy (non-hydrogen) atoms. The van der Waals surface area contributed by atoms with Gasteiger partial charge in [0.25, 0.3) is 0 Å². The van der Waals surface area contributed by atoms with Gasteiger partial charge in [0.05, 0.1) is 16.5 Å². The van der Waals surface area contributed by atoms with Crippen molar-refractivity contribution in [3.05, 3.63) is 58.4 Å². The van der Waals surface area contributed by atoms with Crippen molar-refractivity contribution in [3.63, 3.8) is 0 Å². The third kappa shape index (κ3) is 4.46. The van der Waals surface area contributed by atoms with Crippen LogP contribution in [0.3, 0.4) is 0 Å². The van der Waals surface area contributed by atoms with Gasteiger partial charge in [-0.2, -0.15) is 0 Å². The maximum Gasteiger partial charge on any atom is 0.173 e. The molecule has 6 heteroatoms. The molecule has 0 saturated carbocycles. The minimum Gasteiger partial charge on any atom is -0.363 e. The Morgan fingerprint density at radius 2 is 2.15 bits per heavy atom. The third-order valence-electron chi connectivity index (χ3n) is 4.34. The molecule has 1 fully saturated rings. The summed E-state index contributed by atoms with van der Waals surface area (Å²) in [4.78, 5) is 20.1. The molecule has 2 aromatic carbocycles. The van der Waals surface area contributed by atoms with Crippen molar-refractivity contribution >= 4 is 40.7 Å². The van der Waals surface area contributed by atoms with Crippen molar-refractivity contribution in [1.29, 1.82) is 0 Å². The molecule has 0 spiro atoms. The van der Waals surface area contributed by atoms with E-state index >= 15 is 0 Å². The monoisotopic (exact) mass is 390 g/mol. The lowest BCUT2D eigenvalue weighted by atomic mass is 10.0. The lowest BCUT2D eigenvalue weighted by molar-refractivity contribution is 0.102. The molecule has 136 valence electrons. The van der Waals surface area contributed by atoms with Gasteiger partial charge < -0.3 is 4.90 Å². The zero-order valence-electron chi connectivity index (χ0n) is 14.8. The number of likely N-dealkylation sites (tertiary alicyclic amines) is 1. The molecule has 2 aromatic rings. The molecular weight excluding hydrogens is 371 g/mol. The first-order chi connectivity index (χ1) is 12.4. The molecule has 1 aliphatic rings. The Bertz CT molecular complexity index is 869. The predicted octanol–water partition coefficient (Wildman–Crippen LogP) is 5.52. The minimum absolute atomic E-state index is 0.0316. The van der Waals surface area contributed by atoms with Crippen LogP contribution in [0.15, 0.2) is 46.3 Å². The number of amidine groups is 1. The Labute approximate surface area is 162 Å². The number of aliphatic imine (C=N–C) groups is 1. The Balaban J connectivity index is 1.76. The molecule has 0 unspecified atom stereocenters. The summed E-state index contributed by atoms with van der Waals surface area (Å²) in [6, 6.07) is 9.80. The number of nitrogens with zero attached hydrogens (tertiary/aromatic N) is 2. The molecule has 0 N–H and O–H groups in total. The van der Waals surface area contributed by atoms with Crippen LogP contribution >= 0.6 is 23.4 Å². The molecule has 0 amide bonds. The van der Waals surface area contributed by atoms with Crippen LogP contribution in [0.2, 0.25) is 5.02 Å². The number of benzene rings is 2. The number of rotatable bonds is 5. The van der Waals surface area contributed by atoms with Crippen LogP contribution in [0.1, 0.15) is 28.8 Å². The van der Waals surface area contributed by atoms with Crippen LogP contribution in [-0.2, 0) is 0 Å². The quantitative estimate of drug-likeness (QED) is 0.498. The van der Waals surface area contributed by atoms with E-state index in [0.29, 0.717) is 16.3 Å². The molecule has 0 radical (unpaired) electrons. The number of carbonyl (C=O) groups excluding carboxylic acids is 1. The van der Waals surface area contributed by atoms with Gasteiger partial charge in [-0.15, -0.1) is 11.8 Å². The van der Waals surface area contributed by atoms with Crippen LogP contribution < -0.4 is 0 Å². The zero-order chi connectivity index (χ0) is 18.7. The third-order valence-corrected chi connectivity index (χ3v) is 5.64. The second-order valence-corrected chi connectivity index (χ2v) is 7.80. The topological polar surface area (TPSA) is 32.7 Å². The molecule has 0 bridgehead atoms. The summed E-state index contributed by atoms with van der Waals surface area (Å²) < 4.78 is 13.2. The van der Waals surface area contributed by atoms with E-state index < -0.39 is 0 Å². The van der Waals surface area contributed by atoms with Gasteiger partial charge in [0, 0.05) is 30.5 Å². The highest BCUT2D eigenvalue weighted by Crippen LogP contribution is 2.31. The van der Waals surface area contributed by atoms with Crippen molar-refractivity contribution in [1.82, 2.24) is 4.90 Å². The Kier molecular flexibility index (Phi) is 5.99. The van der Waals surface area contributed by atoms with Crippen molar-refractivity contribution < 1.29 is 9.18 Å². The number of carbonyl (C=O) groups is 1. The number of aryl methyl sites for hydroxylation is 1. The van der Waals surface area contributed by atoms with E-state index in [-0.39, 0.29) is 17.4 Å². The Morgan fingerprint density at radius 3 is 2.85 bits per heavy atom. The Hall–Kier alpha value is -1.85. The highest BCUT2D eigenvalue weighted by Gasteiger charge is 2.17. The minimum atomic E-state index is -0.304. The average Bonchev–Trinajstić information content (AvgIpc) is 3.00. The maximum atomic E-state index is 13.2. The summed E-state index contributed by atoms with van der Waals surface area (Å²) in [5.74, 6) is 0.918. The van der Waals surface area contributed by atoms with E-state index in [1.54, 1.807) is 18.2 Å². The maximum absolute atomic E-state index is 13.2. The summed E-state index contributed by atoms with van der Waals surface area (Å²) in [5, 5.41) is 0.475. The van der Waals surface area contributed by atoms with Crippen molar-refractivity contribution in [2.45, 2.75) is 24.7 Å². The van der Waals surface area contributed by atoms with E-state index in [1.165, 1.54) is 23.9 Å². The number of halogens is 2. The first-order valence-electron chi connectivity index (χ1n) is 8.44. The van der Waals surface area contributed by atoms with E-state index in [4.69, 9.17) is 11.6 Å². The highest BCUT2D eigenvalue weighted by molar-refractivity contribution is 8.00. The smallest absolute Gasteiger partial charge is 0.173 e. The van der Waals surface area contributed by atoms with Crippen LogP contribution in [0.4, 0.5) is 10.1 Å². The van der Waals surface area contributed by atoms with Gasteiger partial charge in [-0.3, -0.25) is 4.79 Å². The summed E-state index contributed by atoms with van der Waals surface area (Å²) >= 11 is 7.69. The summed E-state index contributed by atoms with van der Waals surface area (Å²) in [7, 11) is 2.02. The second kappa shape index (κ2) is 8.23. The fraction of sp³-hybridized carbons (Fsp3) is 0.300. The molecule has 0 aromatic heterocycles. The number of ketones is 1. The van der Waals surface area contributed by atoms with E-state index in [1.807, 2.05) is 20.0 Å². The molecule has 1 aliphatic heterocycles. The normalized spacial score (nSPS) is 15.7.